The Labute approximate surface area is 86.3 Å². The van der Waals surface area contributed by atoms with E-state index in [4.69, 9.17) is 0 Å². The molecule has 1 heterocycles. The molecule has 0 saturated carbocycles. The molecule has 0 spiro atoms. The first-order valence-corrected chi connectivity index (χ1v) is 4.27. The van der Waals surface area contributed by atoms with Gasteiger partial charge >= 0.3 is 11.9 Å². The summed E-state index contributed by atoms with van der Waals surface area (Å²) < 4.78 is 51.7. The zero-order valence-electron chi connectivity index (χ0n) is 8.02. The molecule has 7 heteroatoms. The topological polar surface area (TPSA) is 37.8 Å². The van der Waals surface area contributed by atoms with Crippen molar-refractivity contribution < 1.29 is 17.6 Å². The highest BCUT2D eigenvalue weighted by Gasteiger charge is 2.37. The van der Waals surface area contributed by atoms with Crippen LogP contribution in [0.2, 0.25) is 0 Å². The molecule has 16 heavy (non-hydrogen) atoms. The molecule has 2 rings (SSSR count). The third-order valence-electron chi connectivity index (χ3n) is 2.29. The maximum Gasteiger partial charge on any atom is 0.421 e. The van der Waals surface area contributed by atoms with Crippen molar-refractivity contribution in [1.29, 1.82) is 0 Å². The molecule has 1 aromatic carbocycles. The van der Waals surface area contributed by atoms with Gasteiger partial charge in [0.25, 0.3) is 0 Å². The first kappa shape index (κ1) is 10.7. The van der Waals surface area contributed by atoms with Gasteiger partial charge in [-0.15, -0.1) is 0 Å². The monoisotopic (exact) mass is 234 g/mol. The van der Waals surface area contributed by atoms with Gasteiger partial charge < -0.3 is 4.98 Å². The lowest BCUT2D eigenvalue weighted by Gasteiger charge is -2.09. The van der Waals surface area contributed by atoms with Gasteiger partial charge in [0.1, 0.15) is 11.4 Å². The van der Waals surface area contributed by atoms with E-state index < -0.39 is 28.8 Å². The van der Waals surface area contributed by atoms with Crippen LogP contribution in [0.25, 0.3) is 11.0 Å². The van der Waals surface area contributed by atoms with Crippen LogP contribution in [0, 0.1) is 5.82 Å². The molecular formula is C9H6F4N2O. The fraction of sp³-hybridized carbons (Fsp3) is 0.222. The first-order chi connectivity index (χ1) is 7.32. The van der Waals surface area contributed by atoms with Crippen molar-refractivity contribution in [2.75, 3.05) is 0 Å². The molecule has 0 aliphatic heterocycles. The van der Waals surface area contributed by atoms with E-state index >= 15 is 0 Å². The molecule has 2 aromatic rings. The van der Waals surface area contributed by atoms with Crippen LogP contribution in [-0.2, 0) is 13.2 Å². The molecule has 0 atom stereocenters. The van der Waals surface area contributed by atoms with Crippen LogP contribution in [0.1, 0.15) is 5.56 Å². The third kappa shape index (κ3) is 1.39. The quantitative estimate of drug-likeness (QED) is 0.696. The zero-order valence-corrected chi connectivity index (χ0v) is 8.02. The largest absolute Gasteiger partial charge is 0.421 e. The van der Waals surface area contributed by atoms with E-state index in [1.165, 1.54) is 0 Å². The Kier molecular flexibility index (Phi) is 2.08. The van der Waals surface area contributed by atoms with Crippen molar-refractivity contribution in [2.24, 2.45) is 7.05 Å². The summed E-state index contributed by atoms with van der Waals surface area (Å²) in [6, 6.07) is 1.78. The van der Waals surface area contributed by atoms with Crippen molar-refractivity contribution in [1.82, 2.24) is 9.55 Å². The van der Waals surface area contributed by atoms with Gasteiger partial charge in [-0.1, -0.05) is 0 Å². The highest BCUT2D eigenvalue weighted by molar-refractivity contribution is 5.79. The van der Waals surface area contributed by atoms with Gasteiger partial charge in [0, 0.05) is 7.05 Å². The lowest BCUT2D eigenvalue weighted by Crippen LogP contribution is -2.15. The summed E-state index contributed by atoms with van der Waals surface area (Å²) in [6.07, 6.45) is -4.84. The number of aryl methyl sites for hydroxylation is 1. The van der Waals surface area contributed by atoms with E-state index in [-0.39, 0.29) is 5.52 Å². The number of benzene rings is 1. The Balaban J connectivity index is 3.00. The maximum atomic E-state index is 13.2. The van der Waals surface area contributed by atoms with Crippen LogP contribution in [0.4, 0.5) is 17.6 Å². The Morgan fingerprint density at radius 1 is 1.31 bits per heavy atom. The minimum Gasteiger partial charge on any atom is -0.306 e. The third-order valence-corrected chi connectivity index (χ3v) is 2.29. The number of aromatic nitrogens is 2. The van der Waals surface area contributed by atoms with Crippen LogP contribution in [0.5, 0.6) is 0 Å². The molecule has 86 valence electrons. The number of imidazole rings is 1. The zero-order chi connectivity index (χ0) is 12.1. The second kappa shape index (κ2) is 3.10. The summed E-state index contributed by atoms with van der Waals surface area (Å²) in [5, 5.41) is 0. The van der Waals surface area contributed by atoms with E-state index in [2.05, 4.69) is 4.98 Å². The predicted octanol–water partition coefficient (Wildman–Crippen LogP) is 2.02. The van der Waals surface area contributed by atoms with Gasteiger partial charge in [-0.25, -0.2) is 9.18 Å². The fourth-order valence-electron chi connectivity index (χ4n) is 1.59. The van der Waals surface area contributed by atoms with Crippen molar-refractivity contribution in [2.45, 2.75) is 6.18 Å². The SMILES string of the molecule is Cn1c(=O)[nH]c2ccc(F)c(C(F)(F)F)c21. The molecule has 0 fully saturated rings. The number of aromatic amines is 1. The Morgan fingerprint density at radius 3 is 2.50 bits per heavy atom. The van der Waals surface area contributed by atoms with Crippen molar-refractivity contribution in [3.8, 4) is 0 Å². The molecule has 1 aromatic heterocycles. The number of nitrogens with zero attached hydrogens (tertiary/aromatic N) is 1. The average molecular weight is 234 g/mol. The standard InChI is InChI=1S/C9H6F4N2O/c1-15-7-5(14-8(15)16)3-2-4(10)6(7)9(11,12)13/h2-3H,1H3,(H,14,16). The second-order valence-corrected chi connectivity index (χ2v) is 3.31. The molecule has 0 radical (unpaired) electrons. The lowest BCUT2D eigenvalue weighted by atomic mass is 10.1. The maximum absolute atomic E-state index is 13.2. The normalized spacial score (nSPS) is 12.3. The Bertz CT molecular complexity index is 608. The average Bonchev–Trinajstić information content (AvgIpc) is 2.42. The van der Waals surface area contributed by atoms with Crippen LogP contribution < -0.4 is 5.69 Å². The molecule has 3 nitrogen and oxygen atoms in total. The second-order valence-electron chi connectivity index (χ2n) is 3.31. The van der Waals surface area contributed by atoms with E-state index in [0.29, 0.717) is 6.07 Å². The fourth-order valence-corrected chi connectivity index (χ4v) is 1.59. The summed E-state index contributed by atoms with van der Waals surface area (Å²) in [4.78, 5) is 13.4. The van der Waals surface area contributed by atoms with Crippen LogP contribution in [0.15, 0.2) is 16.9 Å². The number of hydrogen-bond donors (Lipinski definition) is 1. The van der Waals surface area contributed by atoms with Crippen molar-refractivity contribution in [3.63, 3.8) is 0 Å². The van der Waals surface area contributed by atoms with E-state index in [1.807, 2.05) is 0 Å². The molecule has 0 saturated heterocycles. The smallest absolute Gasteiger partial charge is 0.306 e. The van der Waals surface area contributed by atoms with Crippen LogP contribution in [0.3, 0.4) is 0 Å². The van der Waals surface area contributed by atoms with E-state index in [9.17, 15) is 22.4 Å². The van der Waals surface area contributed by atoms with Gasteiger partial charge in [-0.2, -0.15) is 13.2 Å². The lowest BCUT2D eigenvalue weighted by molar-refractivity contribution is -0.138. The van der Waals surface area contributed by atoms with Gasteiger partial charge in [0.15, 0.2) is 0 Å². The highest BCUT2D eigenvalue weighted by atomic mass is 19.4. The number of hydrogen-bond acceptors (Lipinski definition) is 1. The summed E-state index contributed by atoms with van der Waals surface area (Å²) >= 11 is 0. The molecule has 0 aliphatic carbocycles. The highest BCUT2D eigenvalue weighted by Crippen LogP contribution is 2.35. The van der Waals surface area contributed by atoms with E-state index in [1.54, 1.807) is 0 Å². The number of rotatable bonds is 0. The molecule has 0 amide bonds. The molecule has 0 bridgehead atoms. The molecule has 0 unspecified atom stereocenters. The first-order valence-electron chi connectivity index (χ1n) is 4.27. The number of fused-ring (bicyclic) bond motifs is 1. The van der Waals surface area contributed by atoms with Gasteiger partial charge in [-0.3, -0.25) is 4.57 Å². The number of alkyl halides is 3. The summed E-state index contributed by atoms with van der Waals surface area (Å²) in [5.41, 5.74) is -2.66. The number of H-pyrrole nitrogens is 1. The van der Waals surface area contributed by atoms with Crippen LogP contribution >= 0.6 is 0 Å². The summed E-state index contributed by atoms with van der Waals surface area (Å²) in [5.74, 6) is -1.39. The van der Waals surface area contributed by atoms with Gasteiger partial charge in [0.05, 0.1) is 11.0 Å². The Hall–Kier alpha value is -1.79. The van der Waals surface area contributed by atoms with Crippen molar-refractivity contribution in [3.05, 3.63) is 34.0 Å². The van der Waals surface area contributed by atoms with Gasteiger partial charge in [0.2, 0.25) is 0 Å². The summed E-state index contributed by atoms with van der Waals surface area (Å²) in [7, 11) is 1.15. The minimum atomic E-state index is -4.84. The van der Waals surface area contributed by atoms with Crippen LogP contribution in [-0.4, -0.2) is 9.55 Å². The molecule has 0 aliphatic rings. The van der Waals surface area contributed by atoms with Crippen molar-refractivity contribution >= 4 is 11.0 Å². The Morgan fingerprint density at radius 2 is 1.94 bits per heavy atom. The predicted molar refractivity (Wildman–Crippen MR) is 48.5 cm³/mol. The van der Waals surface area contributed by atoms with Gasteiger partial charge in [-0.05, 0) is 12.1 Å². The number of nitrogens with one attached hydrogen (secondary N) is 1. The number of halogens is 4. The minimum absolute atomic E-state index is 0.0405. The van der Waals surface area contributed by atoms with E-state index in [0.717, 1.165) is 17.7 Å². The molecular weight excluding hydrogens is 228 g/mol. The summed E-state index contributed by atoms with van der Waals surface area (Å²) in [6.45, 7) is 0. The molecule has 1 N–H and O–H groups in total.